The Hall–Kier alpha value is -3.97. The molecule has 4 rings (SSSR count). The zero-order valence-corrected chi connectivity index (χ0v) is 19.8. The van der Waals surface area contributed by atoms with Crippen molar-refractivity contribution in [1.82, 2.24) is 30.4 Å². The Morgan fingerprint density at radius 2 is 2.00 bits per heavy atom. The van der Waals surface area contributed by atoms with Crippen LogP contribution in [0.2, 0.25) is 0 Å². The molecule has 13 heteroatoms. The highest BCUT2D eigenvalue weighted by Crippen LogP contribution is 2.28. The van der Waals surface area contributed by atoms with Crippen molar-refractivity contribution in [3.05, 3.63) is 69.5 Å². The molecule has 0 saturated carbocycles. The lowest BCUT2D eigenvalue weighted by atomic mass is 10.1. The molecule has 2 heterocycles. The molecule has 2 aromatic heterocycles. The molecule has 1 amide bonds. The van der Waals surface area contributed by atoms with E-state index in [1.807, 2.05) is 31.2 Å². The quantitative estimate of drug-likeness (QED) is 0.224. The molecule has 0 aliphatic heterocycles. The van der Waals surface area contributed by atoms with Crippen molar-refractivity contribution in [2.75, 3.05) is 7.11 Å². The number of carbonyl (C=O) groups is 1. The molecule has 0 unspecified atom stereocenters. The van der Waals surface area contributed by atoms with Gasteiger partial charge in [-0.15, -0.1) is 10.2 Å². The first kappa shape index (κ1) is 23.2. The molecule has 174 valence electrons. The maximum absolute atomic E-state index is 12.4. The van der Waals surface area contributed by atoms with Crippen LogP contribution in [0.25, 0.3) is 15.5 Å². The fourth-order valence-electron chi connectivity index (χ4n) is 3.14. The van der Waals surface area contributed by atoms with E-state index in [4.69, 9.17) is 17.0 Å². The number of hydrogen-bond acceptors (Lipinski definition) is 9. The number of fused-ring (bicyclic) bond motifs is 1. The summed E-state index contributed by atoms with van der Waals surface area (Å²) in [5, 5.41) is 30.4. The van der Waals surface area contributed by atoms with E-state index < -0.39 is 10.8 Å². The molecule has 0 radical (unpaired) electrons. The summed E-state index contributed by atoms with van der Waals surface area (Å²) in [6, 6.07) is 11.7. The fourth-order valence-corrected chi connectivity index (χ4v) is 4.16. The van der Waals surface area contributed by atoms with Crippen molar-refractivity contribution in [3.63, 3.8) is 0 Å². The van der Waals surface area contributed by atoms with Crippen molar-refractivity contribution in [1.29, 1.82) is 0 Å². The van der Waals surface area contributed by atoms with Gasteiger partial charge in [0, 0.05) is 30.2 Å². The molecule has 2 N–H and O–H groups in total. The maximum Gasteiger partial charge on any atom is 0.311 e. The Morgan fingerprint density at radius 1 is 1.24 bits per heavy atom. The van der Waals surface area contributed by atoms with Crippen LogP contribution in [0, 0.1) is 10.1 Å². The summed E-state index contributed by atoms with van der Waals surface area (Å²) < 4.78 is 6.70. The highest BCUT2D eigenvalue weighted by molar-refractivity contribution is 7.80. The fraction of sp³-hybridized carbons (Fsp3) is 0.190. The average molecular weight is 498 g/mol. The Balaban J connectivity index is 1.35. The summed E-state index contributed by atoms with van der Waals surface area (Å²) in [6.07, 6.45) is 0.751. The van der Waals surface area contributed by atoms with E-state index in [1.165, 1.54) is 30.6 Å². The minimum atomic E-state index is -0.612. The number of aryl methyl sites for hydroxylation is 1. The van der Waals surface area contributed by atoms with Gasteiger partial charge in [-0.05, 0) is 29.9 Å². The number of nitrogens with zero attached hydrogens (tertiary/aromatic N) is 5. The van der Waals surface area contributed by atoms with E-state index in [0.717, 1.165) is 39.4 Å². The number of benzene rings is 2. The summed E-state index contributed by atoms with van der Waals surface area (Å²) in [5.41, 5.74) is 1.69. The molecule has 0 atom stereocenters. The molecule has 0 spiro atoms. The number of thiocarbonyl (C=S) groups is 1. The van der Waals surface area contributed by atoms with Crippen LogP contribution in [-0.2, 0) is 13.0 Å². The molecule has 0 bridgehead atoms. The molecule has 0 aliphatic rings. The second-order valence-corrected chi connectivity index (χ2v) is 8.41. The van der Waals surface area contributed by atoms with Crippen molar-refractivity contribution in [2.24, 2.45) is 0 Å². The summed E-state index contributed by atoms with van der Waals surface area (Å²) >= 11 is 6.65. The van der Waals surface area contributed by atoms with Crippen LogP contribution in [-0.4, -0.2) is 42.9 Å². The van der Waals surface area contributed by atoms with E-state index >= 15 is 0 Å². The summed E-state index contributed by atoms with van der Waals surface area (Å²) in [5.74, 6) is 0.325. The molecule has 0 saturated heterocycles. The molecule has 0 aliphatic carbocycles. The molecule has 11 nitrogen and oxygen atoms in total. The third-order valence-electron chi connectivity index (χ3n) is 4.89. The van der Waals surface area contributed by atoms with Crippen molar-refractivity contribution >= 4 is 45.2 Å². The van der Waals surface area contributed by atoms with Crippen LogP contribution in [0.1, 0.15) is 28.7 Å². The lowest BCUT2D eigenvalue weighted by molar-refractivity contribution is -0.385. The van der Waals surface area contributed by atoms with Crippen LogP contribution in [0.3, 0.4) is 0 Å². The van der Waals surface area contributed by atoms with Gasteiger partial charge in [-0.1, -0.05) is 42.5 Å². The zero-order valence-electron chi connectivity index (χ0n) is 18.1. The van der Waals surface area contributed by atoms with Crippen molar-refractivity contribution in [3.8, 4) is 16.3 Å². The van der Waals surface area contributed by atoms with E-state index in [1.54, 1.807) is 4.52 Å². The Kier molecular flexibility index (Phi) is 6.75. The summed E-state index contributed by atoms with van der Waals surface area (Å²) in [4.78, 5) is 23.7. The highest BCUT2D eigenvalue weighted by Gasteiger charge is 2.18. The number of aromatic nitrogens is 4. The van der Waals surface area contributed by atoms with Gasteiger partial charge in [-0.25, -0.2) is 0 Å². The number of rotatable bonds is 7. The largest absolute Gasteiger partial charge is 0.490 e. The molecule has 4 aromatic rings. The first-order chi connectivity index (χ1) is 16.4. The number of nitro groups is 1. The minimum Gasteiger partial charge on any atom is -0.490 e. The predicted octanol–water partition coefficient (Wildman–Crippen LogP) is 3.14. The average Bonchev–Trinajstić information content (AvgIpc) is 3.43. The second kappa shape index (κ2) is 9.89. The Morgan fingerprint density at radius 3 is 2.68 bits per heavy atom. The molecular formula is C21H19N7O4S2. The molecule has 0 fully saturated rings. The normalized spacial score (nSPS) is 10.8. The topological polar surface area (TPSA) is 137 Å². The SMILES string of the molecule is CCc1nnc2sc(-c3ccc(CNC(=S)NC(=O)c4ccc(OC)c([N+](=O)[O-])c4)cc3)nn12. The third-order valence-corrected chi connectivity index (χ3v) is 6.08. The molecule has 2 aromatic carbocycles. The van der Waals surface area contributed by atoms with Crippen LogP contribution < -0.4 is 15.4 Å². The van der Waals surface area contributed by atoms with Gasteiger partial charge in [-0.2, -0.15) is 9.61 Å². The maximum atomic E-state index is 12.4. The first-order valence-corrected chi connectivity index (χ1v) is 11.3. The van der Waals surface area contributed by atoms with Gasteiger partial charge in [-0.3, -0.25) is 20.2 Å². The van der Waals surface area contributed by atoms with Gasteiger partial charge in [0.15, 0.2) is 16.7 Å². The van der Waals surface area contributed by atoms with E-state index in [0.29, 0.717) is 6.54 Å². The van der Waals surface area contributed by atoms with Gasteiger partial charge in [0.2, 0.25) is 4.96 Å². The lowest BCUT2D eigenvalue weighted by Gasteiger charge is -2.10. The number of ether oxygens (including phenoxy) is 1. The number of nitro benzene ring substituents is 1. The monoisotopic (exact) mass is 497 g/mol. The van der Waals surface area contributed by atoms with E-state index in [-0.39, 0.29) is 22.1 Å². The van der Waals surface area contributed by atoms with Crippen LogP contribution in [0.5, 0.6) is 5.75 Å². The first-order valence-electron chi connectivity index (χ1n) is 10.1. The van der Waals surface area contributed by atoms with Crippen LogP contribution in [0.15, 0.2) is 42.5 Å². The van der Waals surface area contributed by atoms with Gasteiger partial charge in [0.25, 0.3) is 5.91 Å². The van der Waals surface area contributed by atoms with Gasteiger partial charge < -0.3 is 10.1 Å². The van der Waals surface area contributed by atoms with Crippen molar-refractivity contribution in [2.45, 2.75) is 19.9 Å². The minimum absolute atomic E-state index is 0.0694. The van der Waals surface area contributed by atoms with Gasteiger partial charge in [0.1, 0.15) is 5.01 Å². The Labute approximate surface area is 202 Å². The number of carbonyl (C=O) groups excluding carboxylic acids is 1. The number of methoxy groups -OCH3 is 1. The second-order valence-electron chi connectivity index (χ2n) is 7.05. The molecule has 34 heavy (non-hydrogen) atoms. The Bertz CT molecular complexity index is 1380. The summed E-state index contributed by atoms with van der Waals surface area (Å²) in [7, 11) is 1.32. The van der Waals surface area contributed by atoms with Crippen molar-refractivity contribution < 1.29 is 14.5 Å². The number of hydrogen-bond donors (Lipinski definition) is 2. The van der Waals surface area contributed by atoms with E-state index in [2.05, 4.69) is 25.9 Å². The van der Waals surface area contributed by atoms with Crippen LogP contribution >= 0.6 is 23.6 Å². The zero-order chi connectivity index (χ0) is 24.2. The van der Waals surface area contributed by atoms with E-state index in [9.17, 15) is 14.9 Å². The standard InChI is InChI=1S/C21H19N7O4S2/c1-3-17-24-25-21-27(17)26-19(34-21)13-6-4-12(5-7-13)11-22-20(33)23-18(29)14-8-9-16(32-2)15(10-14)28(30)31/h4-10H,3,11H2,1-2H3,(H2,22,23,29,33). The molecular weight excluding hydrogens is 478 g/mol. The smallest absolute Gasteiger partial charge is 0.311 e. The number of nitrogens with one attached hydrogen (secondary N) is 2. The number of amides is 1. The highest BCUT2D eigenvalue weighted by atomic mass is 32.1. The van der Waals surface area contributed by atoms with Gasteiger partial charge in [0.05, 0.1) is 12.0 Å². The van der Waals surface area contributed by atoms with Crippen LogP contribution in [0.4, 0.5) is 5.69 Å². The summed E-state index contributed by atoms with van der Waals surface area (Å²) in [6.45, 7) is 2.39. The predicted molar refractivity (Wildman–Crippen MR) is 130 cm³/mol. The lowest BCUT2D eigenvalue weighted by Crippen LogP contribution is -2.38. The van der Waals surface area contributed by atoms with Gasteiger partial charge >= 0.3 is 5.69 Å². The third kappa shape index (κ3) is 4.84.